The van der Waals surface area contributed by atoms with Crippen molar-refractivity contribution in [1.29, 1.82) is 0 Å². The molecule has 2 rings (SSSR count). The van der Waals surface area contributed by atoms with E-state index in [0.717, 1.165) is 25.9 Å². The summed E-state index contributed by atoms with van der Waals surface area (Å²) in [4.78, 5) is 13.3. The number of carboxylic acid groups (broad SMARTS) is 1. The van der Waals surface area contributed by atoms with Crippen LogP contribution in [0, 0.1) is 5.92 Å². The molecule has 98 valence electrons. The van der Waals surface area contributed by atoms with E-state index in [4.69, 9.17) is 5.11 Å². The highest BCUT2D eigenvalue weighted by atomic mass is 16.4. The summed E-state index contributed by atoms with van der Waals surface area (Å²) < 4.78 is 0. The molecule has 0 bridgehead atoms. The minimum absolute atomic E-state index is 0.309. The van der Waals surface area contributed by atoms with Crippen LogP contribution >= 0.6 is 0 Å². The quantitative estimate of drug-likeness (QED) is 0.869. The third kappa shape index (κ3) is 3.10. The molecule has 1 aromatic rings. The first-order valence-corrected chi connectivity index (χ1v) is 6.70. The third-order valence-electron chi connectivity index (χ3n) is 3.88. The predicted octanol–water partition coefficient (Wildman–Crippen LogP) is 2.76. The summed E-state index contributed by atoms with van der Waals surface area (Å²) in [6.45, 7) is 4.11. The van der Waals surface area contributed by atoms with Gasteiger partial charge in [0, 0.05) is 19.0 Å². The number of aliphatic carboxylic acids is 1. The van der Waals surface area contributed by atoms with Crippen molar-refractivity contribution < 1.29 is 9.90 Å². The van der Waals surface area contributed by atoms with Gasteiger partial charge in [0.1, 0.15) is 0 Å². The van der Waals surface area contributed by atoms with Gasteiger partial charge in [-0.3, -0.25) is 9.69 Å². The number of benzene rings is 1. The number of carbonyl (C=O) groups is 1. The second-order valence-electron chi connectivity index (χ2n) is 5.08. The molecule has 2 unspecified atom stereocenters. The van der Waals surface area contributed by atoms with Crippen LogP contribution in [0.1, 0.15) is 31.7 Å². The number of nitrogens with zero attached hydrogens (tertiary/aromatic N) is 1. The van der Waals surface area contributed by atoms with Gasteiger partial charge in [0.25, 0.3) is 0 Å². The van der Waals surface area contributed by atoms with Crippen LogP contribution in [0.5, 0.6) is 0 Å². The third-order valence-corrected chi connectivity index (χ3v) is 3.88. The lowest BCUT2D eigenvalue weighted by Gasteiger charge is -2.26. The number of hydrogen-bond acceptors (Lipinski definition) is 2. The van der Waals surface area contributed by atoms with Gasteiger partial charge in [-0.25, -0.2) is 0 Å². The molecule has 2 atom stereocenters. The normalized spacial score (nSPS) is 24.3. The van der Waals surface area contributed by atoms with Crippen molar-refractivity contribution in [2.24, 2.45) is 5.92 Å². The monoisotopic (exact) mass is 247 g/mol. The van der Waals surface area contributed by atoms with Crippen LogP contribution in [0.15, 0.2) is 30.3 Å². The molecule has 1 fully saturated rings. The largest absolute Gasteiger partial charge is 0.481 e. The molecule has 1 aromatic carbocycles. The van der Waals surface area contributed by atoms with E-state index in [0.29, 0.717) is 18.4 Å². The maximum atomic E-state index is 10.9. The molecule has 1 N–H and O–H groups in total. The summed E-state index contributed by atoms with van der Waals surface area (Å²) >= 11 is 0. The average Bonchev–Trinajstić information content (AvgIpc) is 2.72. The summed E-state index contributed by atoms with van der Waals surface area (Å²) in [6.07, 6.45) is 2.35. The van der Waals surface area contributed by atoms with E-state index in [1.54, 1.807) is 0 Å². The Hall–Kier alpha value is -1.35. The molecule has 0 radical (unpaired) electrons. The van der Waals surface area contributed by atoms with Crippen LogP contribution < -0.4 is 0 Å². The van der Waals surface area contributed by atoms with Crippen LogP contribution in [0.4, 0.5) is 0 Å². The first kappa shape index (κ1) is 13.1. The summed E-state index contributed by atoms with van der Waals surface area (Å²) in [6, 6.07) is 10.8. The van der Waals surface area contributed by atoms with E-state index in [-0.39, 0.29) is 0 Å². The molecule has 0 aromatic heterocycles. The van der Waals surface area contributed by atoms with E-state index < -0.39 is 5.97 Å². The Labute approximate surface area is 108 Å². The van der Waals surface area contributed by atoms with Gasteiger partial charge in [-0.1, -0.05) is 37.3 Å². The molecule has 0 amide bonds. The Kier molecular flexibility index (Phi) is 4.37. The molecule has 0 aliphatic carbocycles. The number of hydrogen-bond donors (Lipinski definition) is 1. The Morgan fingerprint density at radius 2 is 2.11 bits per heavy atom. The zero-order valence-electron chi connectivity index (χ0n) is 10.9. The minimum Gasteiger partial charge on any atom is -0.481 e. The molecule has 1 saturated heterocycles. The van der Waals surface area contributed by atoms with Gasteiger partial charge >= 0.3 is 5.97 Å². The first-order chi connectivity index (χ1) is 8.70. The zero-order valence-corrected chi connectivity index (χ0v) is 10.9. The van der Waals surface area contributed by atoms with Crippen molar-refractivity contribution in [3.63, 3.8) is 0 Å². The lowest BCUT2D eigenvalue weighted by atomic mass is 9.95. The van der Waals surface area contributed by atoms with E-state index in [1.807, 2.05) is 6.07 Å². The van der Waals surface area contributed by atoms with E-state index in [2.05, 4.69) is 36.1 Å². The van der Waals surface area contributed by atoms with Gasteiger partial charge in [-0.05, 0) is 30.9 Å². The average molecular weight is 247 g/mol. The van der Waals surface area contributed by atoms with Crippen molar-refractivity contribution in [2.75, 3.05) is 6.54 Å². The van der Waals surface area contributed by atoms with Gasteiger partial charge in [0.15, 0.2) is 0 Å². The lowest BCUT2D eigenvalue weighted by Crippen LogP contribution is -2.32. The van der Waals surface area contributed by atoms with Gasteiger partial charge in [-0.15, -0.1) is 0 Å². The molecule has 1 aliphatic rings. The van der Waals surface area contributed by atoms with Gasteiger partial charge < -0.3 is 5.11 Å². The molecule has 1 heterocycles. The smallest absolute Gasteiger partial charge is 0.303 e. The maximum Gasteiger partial charge on any atom is 0.303 e. The van der Waals surface area contributed by atoms with Crippen LogP contribution in [-0.4, -0.2) is 28.6 Å². The molecule has 18 heavy (non-hydrogen) atoms. The number of carboxylic acids is 1. The highest BCUT2D eigenvalue weighted by Crippen LogP contribution is 2.30. The van der Waals surface area contributed by atoms with Crippen LogP contribution in [0.2, 0.25) is 0 Å². The Morgan fingerprint density at radius 3 is 2.72 bits per heavy atom. The molecule has 3 heteroatoms. The standard InChI is InChI=1S/C15H21NO2/c1-2-14-13(10-15(17)18)8-9-16(14)11-12-6-4-3-5-7-12/h3-7,13-14H,2,8-11H2,1H3,(H,17,18). The minimum atomic E-state index is -0.667. The molecular formula is C15H21NO2. The summed E-state index contributed by atoms with van der Waals surface area (Å²) in [5.74, 6) is -0.351. The number of rotatable bonds is 5. The second-order valence-corrected chi connectivity index (χ2v) is 5.08. The van der Waals surface area contributed by atoms with E-state index in [9.17, 15) is 4.79 Å². The topological polar surface area (TPSA) is 40.5 Å². The molecular weight excluding hydrogens is 226 g/mol. The molecule has 3 nitrogen and oxygen atoms in total. The van der Waals surface area contributed by atoms with Crippen molar-refractivity contribution >= 4 is 5.97 Å². The predicted molar refractivity (Wildman–Crippen MR) is 71.3 cm³/mol. The van der Waals surface area contributed by atoms with Gasteiger partial charge in [-0.2, -0.15) is 0 Å². The van der Waals surface area contributed by atoms with Gasteiger partial charge in [0.05, 0.1) is 0 Å². The van der Waals surface area contributed by atoms with Crippen molar-refractivity contribution in [2.45, 2.75) is 38.8 Å². The summed E-state index contributed by atoms with van der Waals surface area (Å²) in [5.41, 5.74) is 1.31. The fourth-order valence-electron chi connectivity index (χ4n) is 3.06. The fraction of sp³-hybridized carbons (Fsp3) is 0.533. The molecule has 0 saturated carbocycles. The van der Waals surface area contributed by atoms with E-state index in [1.165, 1.54) is 5.56 Å². The van der Waals surface area contributed by atoms with Crippen molar-refractivity contribution in [3.8, 4) is 0 Å². The Morgan fingerprint density at radius 1 is 1.39 bits per heavy atom. The van der Waals surface area contributed by atoms with Crippen LogP contribution in [0.25, 0.3) is 0 Å². The highest BCUT2D eigenvalue weighted by Gasteiger charge is 2.33. The molecule has 0 spiro atoms. The fourth-order valence-corrected chi connectivity index (χ4v) is 3.06. The first-order valence-electron chi connectivity index (χ1n) is 6.70. The number of likely N-dealkylation sites (tertiary alicyclic amines) is 1. The Balaban J connectivity index is 1.99. The van der Waals surface area contributed by atoms with Gasteiger partial charge in [0.2, 0.25) is 0 Å². The maximum absolute atomic E-state index is 10.9. The second kappa shape index (κ2) is 6.01. The SMILES string of the molecule is CCC1C(CC(=O)O)CCN1Cc1ccccc1. The van der Waals surface area contributed by atoms with Crippen molar-refractivity contribution in [1.82, 2.24) is 4.90 Å². The van der Waals surface area contributed by atoms with Crippen molar-refractivity contribution in [3.05, 3.63) is 35.9 Å². The lowest BCUT2D eigenvalue weighted by molar-refractivity contribution is -0.138. The zero-order chi connectivity index (χ0) is 13.0. The molecule has 1 aliphatic heterocycles. The van der Waals surface area contributed by atoms with Crippen LogP contribution in [-0.2, 0) is 11.3 Å². The summed E-state index contributed by atoms with van der Waals surface area (Å²) in [5, 5.41) is 8.94. The van der Waals surface area contributed by atoms with Crippen LogP contribution in [0.3, 0.4) is 0 Å². The summed E-state index contributed by atoms with van der Waals surface area (Å²) in [7, 11) is 0. The Bertz CT molecular complexity index is 391. The highest BCUT2D eigenvalue weighted by molar-refractivity contribution is 5.67. The van der Waals surface area contributed by atoms with E-state index >= 15 is 0 Å².